The van der Waals surface area contributed by atoms with Gasteiger partial charge in [0.15, 0.2) is 11.5 Å². The first kappa shape index (κ1) is 27.0. The van der Waals surface area contributed by atoms with Gasteiger partial charge in [-0.25, -0.2) is 0 Å². The summed E-state index contributed by atoms with van der Waals surface area (Å²) in [5.41, 5.74) is 1.92. The molecule has 0 unspecified atom stereocenters. The average Bonchev–Trinajstić information content (AvgIpc) is 2.88. The molecule has 0 aliphatic rings. The van der Waals surface area contributed by atoms with Crippen LogP contribution in [0, 0.1) is 21.4 Å². The summed E-state index contributed by atoms with van der Waals surface area (Å²) >= 11 is 6.27. The van der Waals surface area contributed by atoms with Crippen LogP contribution in [0.1, 0.15) is 23.6 Å². The Bertz CT molecular complexity index is 1390. The van der Waals surface area contributed by atoms with Crippen LogP contribution in [0.25, 0.3) is 6.08 Å². The number of ether oxygens (including phenoxy) is 2. The lowest BCUT2D eigenvalue weighted by atomic mass is 10.0. The van der Waals surface area contributed by atoms with Gasteiger partial charge in [-0.1, -0.05) is 41.9 Å². The molecule has 1 amide bonds. The molecule has 3 aromatic rings. The van der Waals surface area contributed by atoms with Gasteiger partial charge in [0.1, 0.15) is 18.2 Å². The van der Waals surface area contributed by atoms with E-state index in [0.717, 1.165) is 11.1 Å². The van der Waals surface area contributed by atoms with Crippen molar-refractivity contribution >= 4 is 35.0 Å². The molecule has 0 aliphatic carbocycles. The second kappa shape index (κ2) is 12.9. The van der Waals surface area contributed by atoms with Crippen LogP contribution >= 0.6 is 11.6 Å². The number of allylic oxidation sites excluding steroid dienone is 1. The van der Waals surface area contributed by atoms with Crippen molar-refractivity contribution in [1.29, 1.82) is 5.26 Å². The number of benzene rings is 3. The molecule has 9 heteroatoms. The number of rotatable bonds is 11. The number of hydrogen-bond donors (Lipinski definition) is 1. The SMILES string of the molecule is C=CCc1cc(/C=C(\C#N)C(=O)Nc2cccc([N+](=O)[O-])c2)cc(OCC)c1OCc1ccccc1Cl. The fraction of sp³-hybridized carbons (Fsp3) is 0.143. The molecule has 3 rings (SSSR count). The van der Waals surface area contributed by atoms with Crippen molar-refractivity contribution in [2.45, 2.75) is 20.0 Å². The van der Waals surface area contributed by atoms with Crippen molar-refractivity contribution < 1.29 is 19.2 Å². The van der Waals surface area contributed by atoms with Crippen molar-refractivity contribution in [1.82, 2.24) is 0 Å². The van der Waals surface area contributed by atoms with Crippen molar-refractivity contribution in [2.75, 3.05) is 11.9 Å². The summed E-state index contributed by atoms with van der Waals surface area (Å²) in [6.07, 6.45) is 3.57. The Balaban J connectivity index is 1.93. The molecule has 0 atom stereocenters. The zero-order chi connectivity index (χ0) is 26.8. The van der Waals surface area contributed by atoms with Gasteiger partial charge in [-0.2, -0.15) is 5.26 Å². The molecule has 0 spiro atoms. The van der Waals surface area contributed by atoms with Gasteiger partial charge in [0.05, 0.1) is 11.5 Å². The van der Waals surface area contributed by atoms with Crippen LogP contribution in [0.4, 0.5) is 11.4 Å². The van der Waals surface area contributed by atoms with Gasteiger partial charge in [0, 0.05) is 34.0 Å². The molecule has 0 saturated carbocycles. The van der Waals surface area contributed by atoms with Crippen LogP contribution in [-0.4, -0.2) is 17.4 Å². The molecule has 1 N–H and O–H groups in total. The Morgan fingerprint density at radius 1 is 1.16 bits per heavy atom. The van der Waals surface area contributed by atoms with Gasteiger partial charge in [-0.15, -0.1) is 6.58 Å². The third-order valence-electron chi connectivity index (χ3n) is 5.14. The van der Waals surface area contributed by atoms with Gasteiger partial charge in [0.2, 0.25) is 0 Å². The summed E-state index contributed by atoms with van der Waals surface area (Å²) in [6, 6.07) is 18.2. The predicted octanol–water partition coefficient (Wildman–Crippen LogP) is 6.50. The number of hydrogen-bond acceptors (Lipinski definition) is 6. The van der Waals surface area contributed by atoms with Crippen molar-refractivity contribution in [2.24, 2.45) is 0 Å². The third-order valence-corrected chi connectivity index (χ3v) is 5.51. The number of carbonyl (C=O) groups is 1. The first-order chi connectivity index (χ1) is 17.9. The van der Waals surface area contributed by atoms with Gasteiger partial charge in [0.25, 0.3) is 11.6 Å². The molecule has 3 aromatic carbocycles. The molecule has 0 aromatic heterocycles. The number of nitrogens with zero attached hydrogens (tertiary/aromatic N) is 2. The zero-order valence-electron chi connectivity index (χ0n) is 20.1. The van der Waals surface area contributed by atoms with Gasteiger partial charge < -0.3 is 14.8 Å². The minimum atomic E-state index is -0.703. The van der Waals surface area contributed by atoms with Crippen LogP contribution in [0.15, 0.2) is 78.9 Å². The van der Waals surface area contributed by atoms with Crippen LogP contribution < -0.4 is 14.8 Å². The first-order valence-electron chi connectivity index (χ1n) is 11.3. The van der Waals surface area contributed by atoms with Crippen molar-refractivity contribution in [3.8, 4) is 17.6 Å². The van der Waals surface area contributed by atoms with Crippen LogP contribution in [-0.2, 0) is 17.8 Å². The Labute approximate surface area is 219 Å². The Morgan fingerprint density at radius 3 is 2.62 bits per heavy atom. The zero-order valence-corrected chi connectivity index (χ0v) is 20.8. The lowest BCUT2D eigenvalue weighted by Gasteiger charge is -2.17. The molecule has 0 aliphatic heterocycles. The highest BCUT2D eigenvalue weighted by atomic mass is 35.5. The van der Waals surface area contributed by atoms with Crippen molar-refractivity contribution in [3.63, 3.8) is 0 Å². The van der Waals surface area contributed by atoms with E-state index in [1.165, 1.54) is 30.3 Å². The molecule has 0 heterocycles. The average molecular weight is 518 g/mol. The quantitative estimate of drug-likeness (QED) is 0.102. The van der Waals surface area contributed by atoms with E-state index in [1.54, 1.807) is 24.3 Å². The molecular weight excluding hydrogens is 494 g/mol. The first-order valence-corrected chi connectivity index (χ1v) is 11.7. The molecule has 8 nitrogen and oxygen atoms in total. The normalized spacial score (nSPS) is 10.8. The second-order valence-electron chi connectivity index (χ2n) is 7.74. The van der Waals surface area contributed by atoms with Crippen LogP contribution in [0.2, 0.25) is 5.02 Å². The fourth-order valence-electron chi connectivity index (χ4n) is 3.48. The molecular formula is C28H24ClN3O5. The number of halogens is 1. The number of nitrogens with one attached hydrogen (secondary N) is 1. The monoisotopic (exact) mass is 517 g/mol. The van der Waals surface area contributed by atoms with E-state index in [-0.39, 0.29) is 23.6 Å². The highest BCUT2D eigenvalue weighted by molar-refractivity contribution is 6.31. The summed E-state index contributed by atoms with van der Waals surface area (Å²) in [5, 5.41) is 23.8. The van der Waals surface area contributed by atoms with E-state index < -0.39 is 10.8 Å². The maximum Gasteiger partial charge on any atom is 0.271 e. The second-order valence-corrected chi connectivity index (χ2v) is 8.15. The minimum Gasteiger partial charge on any atom is -0.490 e. The number of anilines is 1. The largest absolute Gasteiger partial charge is 0.490 e. The van der Waals surface area contributed by atoms with Gasteiger partial charge in [-0.3, -0.25) is 14.9 Å². The van der Waals surface area contributed by atoms with E-state index in [0.29, 0.717) is 35.1 Å². The summed E-state index contributed by atoms with van der Waals surface area (Å²) in [7, 11) is 0. The van der Waals surface area contributed by atoms with E-state index in [2.05, 4.69) is 11.9 Å². The van der Waals surface area contributed by atoms with E-state index in [4.69, 9.17) is 21.1 Å². The fourth-order valence-corrected chi connectivity index (χ4v) is 3.67. The maximum atomic E-state index is 12.8. The minimum absolute atomic E-state index is 0.178. The molecule has 0 bridgehead atoms. The number of nitro benzene ring substituents is 1. The highest BCUT2D eigenvalue weighted by Crippen LogP contribution is 2.36. The van der Waals surface area contributed by atoms with E-state index in [9.17, 15) is 20.2 Å². The number of nitro groups is 1. The lowest BCUT2D eigenvalue weighted by Crippen LogP contribution is -2.13. The maximum absolute atomic E-state index is 12.8. The topological polar surface area (TPSA) is 114 Å². The van der Waals surface area contributed by atoms with E-state index >= 15 is 0 Å². The smallest absolute Gasteiger partial charge is 0.271 e. The third kappa shape index (κ3) is 7.19. The number of non-ortho nitro benzene ring substituents is 1. The van der Waals surface area contributed by atoms with Crippen molar-refractivity contribution in [3.05, 3.63) is 111 Å². The Morgan fingerprint density at radius 2 is 1.95 bits per heavy atom. The van der Waals surface area contributed by atoms with Crippen LogP contribution in [0.3, 0.4) is 0 Å². The van der Waals surface area contributed by atoms with E-state index in [1.807, 2.05) is 31.2 Å². The van der Waals surface area contributed by atoms with Crippen LogP contribution in [0.5, 0.6) is 11.5 Å². The molecule has 188 valence electrons. The Kier molecular flexibility index (Phi) is 9.41. The standard InChI is InChI=1S/C28H24ClN3O5/c1-3-8-20-13-19(14-22(17-30)28(33)31-23-10-7-11-24(16-23)32(34)35)15-26(36-4-2)27(20)37-18-21-9-5-6-12-25(21)29/h3,5-7,9-16H,1,4,8,18H2,2H3,(H,31,33)/b22-14+. The molecule has 0 saturated heterocycles. The summed E-state index contributed by atoms with van der Waals surface area (Å²) in [4.78, 5) is 23.2. The van der Waals surface area contributed by atoms with Gasteiger partial charge >= 0.3 is 0 Å². The Hall–Kier alpha value is -4.61. The van der Waals surface area contributed by atoms with Gasteiger partial charge in [-0.05, 0) is 49.2 Å². The number of nitriles is 1. The molecule has 37 heavy (non-hydrogen) atoms. The summed E-state index contributed by atoms with van der Waals surface area (Å²) in [5.74, 6) is 0.250. The number of carbonyl (C=O) groups excluding carboxylic acids is 1. The number of amides is 1. The molecule has 0 radical (unpaired) electrons. The lowest BCUT2D eigenvalue weighted by molar-refractivity contribution is -0.384. The molecule has 0 fully saturated rings. The summed E-state index contributed by atoms with van der Waals surface area (Å²) in [6.45, 7) is 6.22. The predicted molar refractivity (Wildman–Crippen MR) is 143 cm³/mol. The summed E-state index contributed by atoms with van der Waals surface area (Å²) < 4.78 is 11.9. The highest BCUT2D eigenvalue weighted by Gasteiger charge is 2.16.